The number of hydrogen-bond donors (Lipinski definition) is 1. The van der Waals surface area contributed by atoms with E-state index in [9.17, 15) is 14.0 Å². The van der Waals surface area contributed by atoms with Crippen LogP contribution in [-0.4, -0.2) is 34.9 Å². The third kappa shape index (κ3) is 3.70. The lowest BCUT2D eigenvalue weighted by molar-refractivity contribution is -0.140. The quantitative estimate of drug-likeness (QED) is 0.639. The zero-order valence-corrected chi connectivity index (χ0v) is 9.79. The number of ether oxygens (including phenoxy) is 1. The van der Waals surface area contributed by atoms with Crippen LogP contribution in [0.2, 0.25) is 0 Å². The van der Waals surface area contributed by atoms with Crippen molar-refractivity contribution in [1.82, 2.24) is 4.98 Å². The molecule has 0 atom stereocenters. The summed E-state index contributed by atoms with van der Waals surface area (Å²) in [5.74, 6) is -2.36. The standard InChI is InChI=1S/C10H10FNO4S/c1-16-7(13)3-5-17-9-8(11)6(10(14)15)2-4-12-9/h2,4H,3,5H2,1H3,(H,14,15). The predicted octanol–water partition coefficient (Wildman–Crippen LogP) is 1.57. The number of thioether (sulfide) groups is 1. The van der Waals surface area contributed by atoms with Crippen molar-refractivity contribution >= 4 is 23.7 Å². The van der Waals surface area contributed by atoms with Crippen LogP contribution in [0.1, 0.15) is 16.8 Å². The van der Waals surface area contributed by atoms with Crippen molar-refractivity contribution in [3.63, 3.8) is 0 Å². The molecule has 5 nitrogen and oxygen atoms in total. The summed E-state index contributed by atoms with van der Waals surface area (Å²) in [6.45, 7) is 0. The van der Waals surface area contributed by atoms with Crippen LogP contribution in [0.4, 0.5) is 4.39 Å². The molecule has 0 fully saturated rings. The summed E-state index contributed by atoms with van der Waals surface area (Å²) in [5, 5.41) is 8.66. The van der Waals surface area contributed by atoms with Gasteiger partial charge in [0.25, 0.3) is 0 Å². The molecule has 1 aromatic rings. The van der Waals surface area contributed by atoms with Crippen LogP contribution in [0.15, 0.2) is 17.3 Å². The zero-order valence-electron chi connectivity index (χ0n) is 8.97. The number of nitrogens with zero attached hydrogens (tertiary/aromatic N) is 1. The van der Waals surface area contributed by atoms with Crippen LogP contribution in [-0.2, 0) is 9.53 Å². The summed E-state index contributed by atoms with van der Waals surface area (Å²) in [5.41, 5.74) is -0.430. The number of carboxylic acids is 1. The number of carboxylic acid groups (broad SMARTS) is 1. The van der Waals surface area contributed by atoms with Crippen LogP contribution in [0.25, 0.3) is 0 Å². The fourth-order valence-corrected chi connectivity index (χ4v) is 1.86. The normalized spacial score (nSPS) is 10.0. The highest BCUT2D eigenvalue weighted by atomic mass is 32.2. The van der Waals surface area contributed by atoms with E-state index >= 15 is 0 Å². The van der Waals surface area contributed by atoms with E-state index in [1.54, 1.807) is 0 Å². The van der Waals surface area contributed by atoms with Gasteiger partial charge >= 0.3 is 11.9 Å². The number of halogens is 1. The van der Waals surface area contributed by atoms with Gasteiger partial charge in [-0.25, -0.2) is 14.2 Å². The van der Waals surface area contributed by atoms with E-state index in [0.717, 1.165) is 17.8 Å². The van der Waals surface area contributed by atoms with Crippen LogP contribution >= 0.6 is 11.8 Å². The van der Waals surface area contributed by atoms with Crippen molar-refractivity contribution in [2.75, 3.05) is 12.9 Å². The number of esters is 1. The second-order valence-electron chi connectivity index (χ2n) is 2.96. The number of methoxy groups -OCH3 is 1. The Kier molecular flexibility index (Phi) is 4.89. The van der Waals surface area contributed by atoms with Gasteiger partial charge in [0.1, 0.15) is 5.03 Å². The lowest BCUT2D eigenvalue weighted by Gasteiger charge is -2.03. The summed E-state index contributed by atoms with van der Waals surface area (Å²) in [6.07, 6.45) is 1.33. The Morgan fingerprint density at radius 3 is 2.88 bits per heavy atom. The molecular formula is C10H10FNO4S. The molecule has 7 heteroatoms. The maximum absolute atomic E-state index is 13.5. The number of aromatic carboxylic acids is 1. The van der Waals surface area contributed by atoms with E-state index in [4.69, 9.17) is 5.11 Å². The molecule has 0 saturated heterocycles. The monoisotopic (exact) mass is 259 g/mol. The van der Waals surface area contributed by atoms with E-state index in [2.05, 4.69) is 9.72 Å². The maximum Gasteiger partial charge on any atom is 0.338 e. The van der Waals surface area contributed by atoms with Crippen LogP contribution in [0.5, 0.6) is 0 Å². The molecule has 17 heavy (non-hydrogen) atoms. The zero-order chi connectivity index (χ0) is 12.8. The molecule has 1 heterocycles. The molecule has 0 aliphatic rings. The molecular weight excluding hydrogens is 249 g/mol. The first-order valence-corrected chi connectivity index (χ1v) is 5.62. The minimum Gasteiger partial charge on any atom is -0.478 e. The smallest absolute Gasteiger partial charge is 0.338 e. The molecule has 1 N–H and O–H groups in total. The van der Waals surface area contributed by atoms with Gasteiger partial charge in [0.2, 0.25) is 0 Å². The van der Waals surface area contributed by atoms with E-state index < -0.39 is 23.3 Å². The van der Waals surface area contributed by atoms with Gasteiger partial charge < -0.3 is 9.84 Å². The first-order valence-electron chi connectivity index (χ1n) is 4.63. The Balaban J connectivity index is 2.69. The highest BCUT2D eigenvalue weighted by Gasteiger charge is 2.15. The lowest BCUT2D eigenvalue weighted by Crippen LogP contribution is -2.04. The molecule has 0 saturated carbocycles. The third-order valence-corrected chi connectivity index (χ3v) is 2.83. The fraction of sp³-hybridized carbons (Fsp3) is 0.300. The van der Waals surface area contributed by atoms with Crippen molar-refractivity contribution in [1.29, 1.82) is 0 Å². The Morgan fingerprint density at radius 2 is 2.29 bits per heavy atom. The van der Waals surface area contributed by atoms with Gasteiger partial charge in [-0.3, -0.25) is 4.79 Å². The molecule has 0 aromatic carbocycles. The van der Waals surface area contributed by atoms with Crippen molar-refractivity contribution in [2.45, 2.75) is 11.4 Å². The molecule has 0 amide bonds. The Morgan fingerprint density at radius 1 is 1.59 bits per heavy atom. The molecule has 1 rings (SSSR count). The maximum atomic E-state index is 13.5. The first kappa shape index (κ1) is 13.4. The average Bonchev–Trinajstić information content (AvgIpc) is 2.30. The predicted molar refractivity (Wildman–Crippen MR) is 58.5 cm³/mol. The highest BCUT2D eigenvalue weighted by molar-refractivity contribution is 7.99. The van der Waals surface area contributed by atoms with Crippen molar-refractivity contribution in [3.05, 3.63) is 23.6 Å². The molecule has 1 aromatic heterocycles. The number of rotatable bonds is 5. The number of carbonyl (C=O) groups excluding carboxylic acids is 1. The van der Waals surface area contributed by atoms with Gasteiger partial charge in [-0.15, -0.1) is 11.8 Å². The molecule has 0 bridgehead atoms. The molecule has 0 radical (unpaired) electrons. The van der Waals surface area contributed by atoms with Crippen molar-refractivity contribution in [2.24, 2.45) is 0 Å². The Labute approximate surface area is 101 Å². The largest absolute Gasteiger partial charge is 0.478 e. The SMILES string of the molecule is COC(=O)CCSc1nccc(C(=O)O)c1F. The highest BCUT2D eigenvalue weighted by Crippen LogP contribution is 2.22. The molecule has 0 spiro atoms. The summed E-state index contributed by atoms with van der Waals surface area (Å²) in [7, 11) is 1.26. The van der Waals surface area contributed by atoms with Gasteiger partial charge in [0.15, 0.2) is 5.82 Å². The van der Waals surface area contributed by atoms with Crippen molar-refractivity contribution < 1.29 is 23.8 Å². The fourth-order valence-electron chi connectivity index (χ4n) is 1.02. The molecule has 92 valence electrons. The summed E-state index contributed by atoms with van der Waals surface area (Å²) in [6, 6.07) is 1.09. The molecule has 0 aliphatic carbocycles. The number of carbonyl (C=O) groups is 2. The van der Waals surface area contributed by atoms with Crippen LogP contribution in [0.3, 0.4) is 0 Å². The molecule has 0 aliphatic heterocycles. The van der Waals surface area contributed by atoms with Gasteiger partial charge in [-0.2, -0.15) is 0 Å². The van der Waals surface area contributed by atoms with Gasteiger partial charge in [0, 0.05) is 11.9 Å². The van der Waals surface area contributed by atoms with Crippen molar-refractivity contribution in [3.8, 4) is 0 Å². The van der Waals surface area contributed by atoms with E-state index in [1.807, 2.05) is 0 Å². The lowest BCUT2D eigenvalue weighted by atomic mass is 10.3. The van der Waals surface area contributed by atoms with E-state index in [0.29, 0.717) is 0 Å². The molecule has 0 unspecified atom stereocenters. The summed E-state index contributed by atoms with van der Waals surface area (Å²) >= 11 is 0.972. The van der Waals surface area contributed by atoms with E-state index in [1.165, 1.54) is 13.3 Å². The number of pyridine rings is 1. The Hall–Kier alpha value is -1.63. The first-order chi connectivity index (χ1) is 8.06. The Bertz CT molecular complexity index is 438. The average molecular weight is 259 g/mol. The van der Waals surface area contributed by atoms with Crippen LogP contribution in [0, 0.1) is 5.82 Å². The number of hydrogen-bond acceptors (Lipinski definition) is 5. The second-order valence-corrected chi connectivity index (χ2v) is 4.04. The third-order valence-electron chi connectivity index (χ3n) is 1.86. The van der Waals surface area contributed by atoms with Gasteiger partial charge in [-0.05, 0) is 6.07 Å². The minimum absolute atomic E-state index is 0.0335. The minimum atomic E-state index is -1.35. The second kappa shape index (κ2) is 6.19. The van der Waals surface area contributed by atoms with Gasteiger partial charge in [-0.1, -0.05) is 0 Å². The topological polar surface area (TPSA) is 76.5 Å². The van der Waals surface area contributed by atoms with Gasteiger partial charge in [0.05, 0.1) is 19.1 Å². The van der Waals surface area contributed by atoms with Crippen LogP contribution < -0.4 is 0 Å². The summed E-state index contributed by atoms with van der Waals surface area (Å²) < 4.78 is 18.0. The summed E-state index contributed by atoms with van der Waals surface area (Å²) in [4.78, 5) is 25.2. The van der Waals surface area contributed by atoms with E-state index in [-0.39, 0.29) is 17.2 Å². The number of aromatic nitrogens is 1.